The Kier molecular flexibility index (Phi) is 5.17. The molecule has 0 aliphatic heterocycles. The van der Waals surface area contributed by atoms with Gasteiger partial charge in [-0.25, -0.2) is 0 Å². The largest absolute Gasteiger partial charge is 0.416 e. The normalized spacial score (nSPS) is 12.0. The Labute approximate surface area is 132 Å². The predicted molar refractivity (Wildman–Crippen MR) is 83.5 cm³/mol. The molecule has 0 bridgehead atoms. The first-order chi connectivity index (χ1) is 10.5. The molecule has 1 aromatic carbocycles. The standard InChI is InChI=1S/C15H16N4O2S/c1-9(2)14-18-19-15(21-14)22-10(3)13(20)17-12-6-4-5-11(7-12)8-16/h4-7,9-10H,1-3H3,(H,17,20). The molecule has 0 aliphatic rings. The molecule has 0 saturated carbocycles. The molecule has 1 unspecified atom stereocenters. The minimum atomic E-state index is -0.397. The van der Waals surface area contributed by atoms with E-state index < -0.39 is 5.25 Å². The van der Waals surface area contributed by atoms with Crippen LogP contribution in [0.2, 0.25) is 0 Å². The molecule has 0 fully saturated rings. The number of nitrogens with one attached hydrogen (secondary N) is 1. The Morgan fingerprint density at radius 3 is 2.77 bits per heavy atom. The maximum Gasteiger partial charge on any atom is 0.277 e. The Bertz CT molecular complexity index is 706. The molecular weight excluding hydrogens is 300 g/mol. The topological polar surface area (TPSA) is 91.8 Å². The maximum atomic E-state index is 12.2. The number of nitrogens with zero attached hydrogens (tertiary/aromatic N) is 3. The lowest BCUT2D eigenvalue weighted by atomic mass is 10.2. The third-order valence-corrected chi connectivity index (χ3v) is 3.76. The number of rotatable bonds is 5. The van der Waals surface area contributed by atoms with Gasteiger partial charge in [0.1, 0.15) is 0 Å². The van der Waals surface area contributed by atoms with Gasteiger partial charge in [-0.2, -0.15) is 5.26 Å². The van der Waals surface area contributed by atoms with Crippen molar-refractivity contribution in [3.8, 4) is 6.07 Å². The second-order valence-electron chi connectivity index (χ2n) is 5.00. The minimum absolute atomic E-state index is 0.153. The number of hydrogen-bond acceptors (Lipinski definition) is 6. The van der Waals surface area contributed by atoms with Crippen molar-refractivity contribution in [3.05, 3.63) is 35.7 Å². The molecule has 7 heteroatoms. The summed E-state index contributed by atoms with van der Waals surface area (Å²) in [6.45, 7) is 5.67. The SMILES string of the molecule is CC(Sc1nnc(C(C)C)o1)C(=O)Nc1cccc(C#N)c1. The minimum Gasteiger partial charge on any atom is -0.416 e. The van der Waals surface area contributed by atoms with E-state index in [1.54, 1.807) is 31.2 Å². The van der Waals surface area contributed by atoms with Crippen LogP contribution in [-0.4, -0.2) is 21.4 Å². The Hall–Kier alpha value is -2.33. The van der Waals surface area contributed by atoms with Crippen LogP contribution in [0.5, 0.6) is 0 Å². The summed E-state index contributed by atoms with van der Waals surface area (Å²) in [4.78, 5) is 12.2. The van der Waals surface area contributed by atoms with Gasteiger partial charge in [-0.15, -0.1) is 10.2 Å². The van der Waals surface area contributed by atoms with E-state index in [0.29, 0.717) is 22.4 Å². The Balaban J connectivity index is 1.98. The summed E-state index contributed by atoms with van der Waals surface area (Å²) >= 11 is 1.20. The van der Waals surface area contributed by atoms with Crippen molar-refractivity contribution in [3.63, 3.8) is 0 Å². The molecule has 0 spiro atoms. The number of amides is 1. The Morgan fingerprint density at radius 2 is 2.14 bits per heavy atom. The van der Waals surface area contributed by atoms with Gasteiger partial charge in [-0.1, -0.05) is 31.7 Å². The third kappa shape index (κ3) is 4.09. The van der Waals surface area contributed by atoms with Crippen LogP contribution in [0.25, 0.3) is 0 Å². The lowest BCUT2D eigenvalue weighted by Gasteiger charge is -2.10. The summed E-state index contributed by atoms with van der Waals surface area (Å²) in [6.07, 6.45) is 0. The highest BCUT2D eigenvalue weighted by atomic mass is 32.2. The summed E-state index contributed by atoms with van der Waals surface area (Å²) in [5.41, 5.74) is 1.08. The molecule has 0 radical (unpaired) electrons. The molecule has 2 aromatic rings. The van der Waals surface area contributed by atoms with Crippen molar-refractivity contribution < 1.29 is 9.21 Å². The molecule has 6 nitrogen and oxygen atoms in total. The number of carbonyl (C=O) groups excluding carboxylic acids is 1. The van der Waals surface area contributed by atoms with Crippen LogP contribution in [0, 0.1) is 11.3 Å². The van der Waals surface area contributed by atoms with Crippen LogP contribution in [0.4, 0.5) is 5.69 Å². The molecule has 1 aromatic heterocycles. The molecule has 1 amide bonds. The summed E-state index contributed by atoms with van der Waals surface area (Å²) < 4.78 is 5.47. The van der Waals surface area contributed by atoms with Gasteiger partial charge < -0.3 is 9.73 Å². The van der Waals surface area contributed by atoms with Crippen LogP contribution in [-0.2, 0) is 4.79 Å². The predicted octanol–water partition coefficient (Wildman–Crippen LogP) is 3.18. The van der Waals surface area contributed by atoms with Crippen LogP contribution >= 0.6 is 11.8 Å². The van der Waals surface area contributed by atoms with Gasteiger partial charge in [0.15, 0.2) is 0 Å². The lowest BCUT2D eigenvalue weighted by Crippen LogP contribution is -2.22. The quantitative estimate of drug-likeness (QED) is 0.852. The average molecular weight is 316 g/mol. The fraction of sp³-hybridized carbons (Fsp3) is 0.333. The fourth-order valence-corrected chi connectivity index (χ4v) is 2.31. The first-order valence-corrected chi connectivity index (χ1v) is 7.68. The zero-order chi connectivity index (χ0) is 16.1. The van der Waals surface area contributed by atoms with Crippen molar-refractivity contribution in [2.45, 2.75) is 37.2 Å². The molecule has 0 aliphatic carbocycles. The maximum absolute atomic E-state index is 12.2. The zero-order valence-corrected chi connectivity index (χ0v) is 13.3. The van der Waals surface area contributed by atoms with Gasteiger partial charge in [-0.05, 0) is 25.1 Å². The molecular formula is C15H16N4O2S. The summed E-state index contributed by atoms with van der Waals surface area (Å²) in [5.74, 6) is 0.515. The zero-order valence-electron chi connectivity index (χ0n) is 12.5. The number of nitriles is 1. The van der Waals surface area contributed by atoms with E-state index in [4.69, 9.17) is 9.68 Å². The molecule has 0 saturated heterocycles. The molecule has 1 N–H and O–H groups in total. The van der Waals surface area contributed by atoms with E-state index in [1.165, 1.54) is 11.8 Å². The molecule has 1 atom stereocenters. The van der Waals surface area contributed by atoms with Crippen molar-refractivity contribution >= 4 is 23.4 Å². The average Bonchev–Trinajstić information content (AvgIpc) is 2.96. The van der Waals surface area contributed by atoms with Gasteiger partial charge in [0, 0.05) is 11.6 Å². The van der Waals surface area contributed by atoms with E-state index in [0.717, 1.165) is 0 Å². The number of aromatic nitrogens is 2. The van der Waals surface area contributed by atoms with E-state index in [1.807, 2.05) is 19.9 Å². The fourth-order valence-electron chi connectivity index (χ4n) is 1.62. The van der Waals surface area contributed by atoms with Crippen LogP contribution in [0.1, 0.15) is 38.1 Å². The van der Waals surface area contributed by atoms with Gasteiger partial charge in [0.2, 0.25) is 11.8 Å². The number of hydrogen-bond donors (Lipinski definition) is 1. The van der Waals surface area contributed by atoms with E-state index in [2.05, 4.69) is 15.5 Å². The van der Waals surface area contributed by atoms with Gasteiger partial charge in [-0.3, -0.25) is 4.79 Å². The molecule has 2 rings (SSSR count). The van der Waals surface area contributed by atoms with Crippen molar-refractivity contribution in [1.29, 1.82) is 5.26 Å². The third-order valence-electron chi connectivity index (χ3n) is 2.82. The Morgan fingerprint density at radius 1 is 1.36 bits per heavy atom. The highest BCUT2D eigenvalue weighted by Gasteiger charge is 2.19. The van der Waals surface area contributed by atoms with Gasteiger partial charge >= 0.3 is 0 Å². The van der Waals surface area contributed by atoms with E-state index in [9.17, 15) is 4.79 Å². The van der Waals surface area contributed by atoms with E-state index in [-0.39, 0.29) is 11.8 Å². The molecule has 1 heterocycles. The van der Waals surface area contributed by atoms with Crippen LogP contribution in [0.15, 0.2) is 33.9 Å². The highest BCUT2D eigenvalue weighted by molar-refractivity contribution is 8.00. The molecule has 114 valence electrons. The number of carbonyl (C=O) groups is 1. The van der Waals surface area contributed by atoms with Crippen molar-refractivity contribution in [1.82, 2.24) is 10.2 Å². The van der Waals surface area contributed by atoms with Crippen molar-refractivity contribution in [2.75, 3.05) is 5.32 Å². The smallest absolute Gasteiger partial charge is 0.277 e. The monoisotopic (exact) mass is 316 g/mol. The lowest BCUT2D eigenvalue weighted by molar-refractivity contribution is -0.115. The molecule has 22 heavy (non-hydrogen) atoms. The second-order valence-corrected chi connectivity index (χ2v) is 6.29. The van der Waals surface area contributed by atoms with Gasteiger partial charge in [0.25, 0.3) is 5.22 Å². The van der Waals surface area contributed by atoms with Gasteiger partial charge in [0.05, 0.1) is 16.9 Å². The summed E-state index contributed by atoms with van der Waals surface area (Å²) in [7, 11) is 0. The van der Waals surface area contributed by atoms with Crippen LogP contribution in [0.3, 0.4) is 0 Å². The first-order valence-electron chi connectivity index (χ1n) is 6.80. The second kappa shape index (κ2) is 7.09. The van der Waals surface area contributed by atoms with Crippen LogP contribution < -0.4 is 5.32 Å². The summed E-state index contributed by atoms with van der Waals surface area (Å²) in [5, 5.41) is 19.4. The first kappa shape index (κ1) is 16.0. The summed E-state index contributed by atoms with van der Waals surface area (Å²) in [6, 6.07) is 8.79. The number of thioether (sulfide) groups is 1. The number of anilines is 1. The van der Waals surface area contributed by atoms with E-state index >= 15 is 0 Å². The highest BCUT2D eigenvalue weighted by Crippen LogP contribution is 2.25. The number of benzene rings is 1. The van der Waals surface area contributed by atoms with Crippen molar-refractivity contribution in [2.24, 2.45) is 0 Å².